The molecule has 0 aliphatic heterocycles. The maximum atomic E-state index is 9.55. The summed E-state index contributed by atoms with van der Waals surface area (Å²) >= 11 is 0. The van der Waals surface area contributed by atoms with Crippen molar-refractivity contribution in [3.63, 3.8) is 0 Å². The number of hydrogen-bond acceptors (Lipinski definition) is 3. The zero-order chi connectivity index (χ0) is 14.4. The van der Waals surface area contributed by atoms with Crippen molar-refractivity contribution >= 4 is 5.69 Å². The summed E-state index contributed by atoms with van der Waals surface area (Å²) in [5, 5.41) is 9.55. The van der Waals surface area contributed by atoms with Gasteiger partial charge in [-0.05, 0) is 48.4 Å². The van der Waals surface area contributed by atoms with Gasteiger partial charge in [0.2, 0.25) is 0 Å². The molecule has 0 aromatic heterocycles. The maximum absolute atomic E-state index is 9.55. The lowest BCUT2D eigenvalue weighted by atomic mass is 10.1. The van der Waals surface area contributed by atoms with Crippen LogP contribution in [-0.2, 0) is 13.1 Å². The number of nitrogens with two attached hydrogens (primary N) is 1. The van der Waals surface area contributed by atoms with Crippen LogP contribution in [-0.4, -0.2) is 16.6 Å². The fourth-order valence-corrected chi connectivity index (χ4v) is 2.39. The monoisotopic (exact) mass is 270 g/mol. The molecule has 0 bridgehead atoms. The van der Waals surface area contributed by atoms with Gasteiger partial charge in [0.15, 0.2) is 0 Å². The van der Waals surface area contributed by atoms with Gasteiger partial charge in [-0.2, -0.15) is 0 Å². The Labute approximate surface area is 120 Å². The molecule has 0 aliphatic rings. The van der Waals surface area contributed by atoms with Crippen LogP contribution in [0.2, 0.25) is 0 Å². The minimum absolute atomic E-state index is 0.322. The van der Waals surface area contributed by atoms with Crippen LogP contribution in [0.25, 0.3) is 0 Å². The second-order valence-corrected chi connectivity index (χ2v) is 5.13. The van der Waals surface area contributed by atoms with E-state index in [0.29, 0.717) is 5.75 Å². The molecule has 0 fully saturated rings. The van der Waals surface area contributed by atoms with E-state index in [9.17, 15) is 5.11 Å². The Balaban J connectivity index is 2.07. The highest BCUT2D eigenvalue weighted by Crippen LogP contribution is 2.16. The Morgan fingerprint density at radius 2 is 1.65 bits per heavy atom. The summed E-state index contributed by atoms with van der Waals surface area (Å²) in [5.74, 6) is 0.322. The molecule has 3 N–H and O–H groups in total. The fourth-order valence-electron chi connectivity index (χ4n) is 2.39. The molecule has 2 aromatic carbocycles. The zero-order valence-corrected chi connectivity index (χ0v) is 11.9. The zero-order valence-electron chi connectivity index (χ0n) is 11.9. The summed E-state index contributed by atoms with van der Waals surface area (Å²) in [6, 6.07) is 15.5. The summed E-state index contributed by atoms with van der Waals surface area (Å²) < 4.78 is 0. The standard InChI is InChI=1S/C17H22N2O/c1-2-9-19(12-14-5-3-7-16(18)10-14)13-15-6-4-8-17(20)11-15/h3-8,10-11,20H,2,9,12-13,18H2,1H3. The Bertz CT molecular complexity index is 507. The molecule has 3 nitrogen and oxygen atoms in total. The van der Waals surface area contributed by atoms with Gasteiger partial charge in [0.1, 0.15) is 5.75 Å². The van der Waals surface area contributed by atoms with Gasteiger partial charge in [0, 0.05) is 18.8 Å². The molecule has 0 aliphatic carbocycles. The molecule has 0 amide bonds. The van der Waals surface area contributed by atoms with E-state index in [-0.39, 0.29) is 0 Å². The highest BCUT2D eigenvalue weighted by Gasteiger charge is 2.07. The minimum Gasteiger partial charge on any atom is -0.508 e. The third-order valence-electron chi connectivity index (χ3n) is 3.21. The second kappa shape index (κ2) is 6.96. The van der Waals surface area contributed by atoms with Gasteiger partial charge in [-0.1, -0.05) is 31.2 Å². The molecule has 20 heavy (non-hydrogen) atoms. The Kier molecular flexibility index (Phi) is 5.02. The van der Waals surface area contributed by atoms with Crippen molar-refractivity contribution in [2.75, 3.05) is 12.3 Å². The predicted octanol–water partition coefficient (Wildman–Crippen LogP) is 3.39. The highest BCUT2D eigenvalue weighted by molar-refractivity contribution is 5.40. The molecule has 0 atom stereocenters. The Hall–Kier alpha value is -2.00. The molecule has 0 saturated heterocycles. The smallest absolute Gasteiger partial charge is 0.115 e. The van der Waals surface area contributed by atoms with E-state index in [0.717, 1.165) is 37.3 Å². The van der Waals surface area contributed by atoms with Crippen molar-refractivity contribution in [1.82, 2.24) is 4.90 Å². The molecular formula is C17H22N2O. The molecule has 3 heteroatoms. The van der Waals surface area contributed by atoms with E-state index in [1.807, 2.05) is 36.4 Å². The van der Waals surface area contributed by atoms with Gasteiger partial charge in [-0.25, -0.2) is 0 Å². The first-order valence-corrected chi connectivity index (χ1v) is 7.02. The van der Waals surface area contributed by atoms with E-state index in [4.69, 9.17) is 5.73 Å². The van der Waals surface area contributed by atoms with Crippen LogP contribution >= 0.6 is 0 Å². The van der Waals surface area contributed by atoms with Crippen molar-refractivity contribution < 1.29 is 5.11 Å². The van der Waals surface area contributed by atoms with Gasteiger partial charge in [0.05, 0.1) is 0 Å². The summed E-state index contributed by atoms with van der Waals surface area (Å²) in [7, 11) is 0. The van der Waals surface area contributed by atoms with E-state index in [2.05, 4.69) is 17.9 Å². The van der Waals surface area contributed by atoms with Crippen LogP contribution in [0.15, 0.2) is 48.5 Å². The summed E-state index contributed by atoms with van der Waals surface area (Å²) in [6.45, 7) is 4.89. The van der Waals surface area contributed by atoms with Crippen molar-refractivity contribution in [2.45, 2.75) is 26.4 Å². The van der Waals surface area contributed by atoms with Crippen molar-refractivity contribution in [3.05, 3.63) is 59.7 Å². The van der Waals surface area contributed by atoms with E-state index in [1.165, 1.54) is 5.56 Å². The van der Waals surface area contributed by atoms with Crippen LogP contribution in [0, 0.1) is 0 Å². The number of anilines is 1. The molecule has 106 valence electrons. The molecule has 2 aromatic rings. The van der Waals surface area contributed by atoms with Crippen molar-refractivity contribution in [2.24, 2.45) is 0 Å². The predicted molar refractivity (Wildman–Crippen MR) is 83.4 cm³/mol. The second-order valence-electron chi connectivity index (χ2n) is 5.13. The van der Waals surface area contributed by atoms with Crippen LogP contribution in [0.1, 0.15) is 24.5 Å². The molecule has 0 heterocycles. The Morgan fingerprint density at radius 1 is 1.00 bits per heavy atom. The average Bonchev–Trinajstić information content (AvgIpc) is 2.39. The average molecular weight is 270 g/mol. The van der Waals surface area contributed by atoms with Crippen LogP contribution in [0.3, 0.4) is 0 Å². The van der Waals surface area contributed by atoms with E-state index in [1.54, 1.807) is 6.07 Å². The highest BCUT2D eigenvalue weighted by atomic mass is 16.3. The van der Waals surface area contributed by atoms with Crippen LogP contribution in [0.5, 0.6) is 5.75 Å². The molecule has 0 saturated carbocycles. The quantitative estimate of drug-likeness (QED) is 0.791. The van der Waals surface area contributed by atoms with Gasteiger partial charge < -0.3 is 10.8 Å². The maximum Gasteiger partial charge on any atom is 0.115 e. The number of phenols is 1. The summed E-state index contributed by atoms with van der Waals surface area (Å²) in [4.78, 5) is 2.36. The first kappa shape index (κ1) is 14.4. The van der Waals surface area contributed by atoms with E-state index >= 15 is 0 Å². The van der Waals surface area contributed by atoms with Gasteiger partial charge in [-0.15, -0.1) is 0 Å². The summed E-state index contributed by atoms with van der Waals surface area (Å²) in [6.07, 6.45) is 1.10. The molecule has 0 unspecified atom stereocenters. The lowest BCUT2D eigenvalue weighted by molar-refractivity contribution is 0.257. The van der Waals surface area contributed by atoms with Crippen LogP contribution < -0.4 is 5.73 Å². The number of aromatic hydroxyl groups is 1. The normalized spacial score (nSPS) is 10.9. The minimum atomic E-state index is 0.322. The number of benzene rings is 2. The molecule has 0 radical (unpaired) electrons. The third kappa shape index (κ3) is 4.28. The molecule has 0 spiro atoms. The van der Waals surface area contributed by atoms with Gasteiger partial charge in [0.25, 0.3) is 0 Å². The molecular weight excluding hydrogens is 248 g/mol. The number of phenolic OH excluding ortho intramolecular Hbond substituents is 1. The van der Waals surface area contributed by atoms with Crippen LogP contribution in [0.4, 0.5) is 5.69 Å². The number of nitrogen functional groups attached to an aromatic ring is 1. The van der Waals surface area contributed by atoms with Gasteiger partial charge >= 0.3 is 0 Å². The largest absolute Gasteiger partial charge is 0.508 e. The van der Waals surface area contributed by atoms with E-state index < -0.39 is 0 Å². The fraction of sp³-hybridized carbons (Fsp3) is 0.294. The Morgan fingerprint density at radius 3 is 2.25 bits per heavy atom. The number of rotatable bonds is 6. The number of hydrogen-bond donors (Lipinski definition) is 2. The lowest BCUT2D eigenvalue weighted by Gasteiger charge is -2.22. The SMILES string of the molecule is CCCN(Cc1cccc(N)c1)Cc1cccc(O)c1. The van der Waals surface area contributed by atoms with Gasteiger partial charge in [-0.3, -0.25) is 4.90 Å². The topological polar surface area (TPSA) is 49.5 Å². The first-order chi connectivity index (χ1) is 9.67. The summed E-state index contributed by atoms with van der Waals surface area (Å²) in [5.41, 5.74) is 8.98. The van der Waals surface area contributed by atoms with Crippen molar-refractivity contribution in [3.8, 4) is 5.75 Å². The number of nitrogens with zero attached hydrogens (tertiary/aromatic N) is 1. The first-order valence-electron chi connectivity index (χ1n) is 7.02. The third-order valence-corrected chi connectivity index (χ3v) is 3.21. The lowest BCUT2D eigenvalue weighted by Crippen LogP contribution is -2.23. The molecule has 2 rings (SSSR count). The van der Waals surface area contributed by atoms with Crippen molar-refractivity contribution in [1.29, 1.82) is 0 Å².